The van der Waals surface area contributed by atoms with Gasteiger partial charge < -0.3 is 19.7 Å². The maximum absolute atomic E-state index is 13.5. The number of pyridine rings is 1. The van der Waals surface area contributed by atoms with Gasteiger partial charge in [0.1, 0.15) is 18.5 Å². The summed E-state index contributed by atoms with van der Waals surface area (Å²) in [6, 6.07) is 10.2. The lowest BCUT2D eigenvalue weighted by molar-refractivity contribution is -0.141. The number of nitrogens with zero attached hydrogens (tertiary/aromatic N) is 2. The van der Waals surface area contributed by atoms with Crippen molar-refractivity contribution >= 4 is 23.4 Å². The lowest BCUT2D eigenvalue weighted by Gasteiger charge is -2.36. The van der Waals surface area contributed by atoms with Gasteiger partial charge in [0, 0.05) is 18.4 Å². The molecule has 1 saturated carbocycles. The van der Waals surface area contributed by atoms with Gasteiger partial charge >= 0.3 is 0 Å². The van der Waals surface area contributed by atoms with E-state index in [0.29, 0.717) is 17.1 Å². The van der Waals surface area contributed by atoms with Gasteiger partial charge in [0.15, 0.2) is 17.6 Å². The summed E-state index contributed by atoms with van der Waals surface area (Å²) in [5.41, 5.74) is 0.684. The summed E-state index contributed by atoms with van der Waals surface area (Å²) >= 11 is 5.97. The van der Waals surface area contributed by atoms with Crippen LogP contribution in [0.3, 0.4) is 0 Å². The predicted octanol–water partition coefficient (Wildman–Crippen LogP) is 3.48. The molecule has 1 fully saturated rings. The number of rotatable bonds is 7. The van der Waals surface area contributed by atoms with E-state index in [1.54, 1.807) is 24.5 Å². The Hall–Kier alpha value is -2.80. The second-order valence-corrected chi connectivity index (χ2v) is 8.47. The zero-order valence-electron chi connectivity index (χ0n) is 17.9. The van der Waals surface area contributed by atoms with Crippen LogP contribution < -0.4 is 14.8 Å². The van der Waals surface area contributed by atoms with Gasteiger partial charge in [-0.2, -0.15) is 0 Å². The van der Waals surface area contributed by atoms with Gasteiger partial charge in [-0.05, 0) is 42.7 Å². The second-order valence-electron chi connectivity index (χ2n) is 8.20. The third-order valence-corrected chi connectivity index (χ3v) is 6.16. The number of halogens is 1. The van der Waals surface area contributed by atoms with Gasteiger partial charge in [-0.15, -0.1) is 11.6 Å². The smallest absolute Gasteiger partial charge is 0.247 e. The second kappa shape index (κ2) is 10.7. The number of hydrogen-bond donors (Lipinski definition) is 1. The van der Waals surface area contributed by atoms with Crippen LogP contribution in [-0.2, 0) is 9.59 Å². The molecule has 7 nitrogen and oxygen atoms in total. The van der Waals surface area contributed by atoms with Gasteiger partial charge in [0.05, 0.1) is 6.54 Å². The molecule has 8 heteroatoms. The van der Waals surface area contributed by atoms with Crippen molar-refractivity contribution in [1.82, 2.24) is 15.2 Å². The fraction of sp³-hybridized carbons (Fsp3) is 0.458. The minimum Gasteiger partial charge on any atom is -0.486 e. The number of nitrogens with one attached hydrogen (secondary N) is 1. The third-order valence-electron chi connectivity index (χ3n) is 5.94. The van der Waals surface area contributed by atoms with Crippen LogP contribution in [0.15, 0.2) is 48.8 Å². The Morgan fingerprint density at radius 2 is 1.81 bits per heavy atom. The molecule has 1 N–H and O–H groups in total. The van der Waals surface area contributed by atoms with Crippen LogP contribution in [0.1, 0.15) is 43.7 Å². The molecule has 0 unspecified atom stereocenters. The summed E-state index contributed by atoms with van der Waals surface area (Å²) in [7, 11) is 0. The summed E-state index contributed by atoms with van der Waals surface area (Å²) in [6.07, 6.45) is 8.11. The highest BCUT2D eigenvalue weighted by Crippen LogP contribution is 2.32. The van der Waals surface area contributed by atoms with E-state index in [2.05, 4.69) is 10.3 Å². The van der Waals surface area contributed by atoms with Crippen molar-refractivity contribution in [3.05, 3.63) is 54.4 Å². The monoisotopic (exact) mass is 457 g/mol. The molecule has 170 valence electrons. The number of alkyl halides is 1. The van der Waals surface area contributed by atoms with Crippen LogP contribution in [0, 0.1) is 0 Å². The van der Waals surface area contributed by atoms with Gasteiger partial charge in [-0.25, -0.2) is 0 Å². The molecule has 2 amide bonds. The van der Waals surface area contributed by atoms with Crippen LogP contribution in [-0.4, -0.2) is 52.9 Å². The van der Waals surface area contributed by atoms with Crippen molar-refractivity contribution in [2.24, 2.45) is 0 Å². The number of para-hydroxylation sites is 2. The lowest BCUT2D eigenvalue weighted by atomic mass is 9.94. The highest BCUT2D eigenvalue weighted by Gasteiger charge is 2.35. The van der Waals surface area contributed by atoms with Gasteiger partial charge in [-0.3, -0.25) is 14.6 Å². The van der Waals surface area contributed by atoms with E-state index in [4.69, 9.17) is 21.1 Å². The Bertz CT molecular complexity index is 920. The molecule has 2 aliphatic rings. The lowest BCUT2D eigenvalue weighted by Crippen LogP contribution is -2.51. The molecule has 32 heavy (non-hydrogen) atoms. The molecule has 1 aliphatic heterocycles. The highest BCUT2D eigenvalue weighted by molar-refractivity contribution is 6.27. The van der Waals surface area contributed by atoms with Crippen molar-refractivity contribution in [1.29, 1.82) is 0 Å². The highest BCUT2D eigenvalue weighted by atomic mass is 35.5. The molecule has 2 heterocycles. The van der Waals surface area contributed by atoms with E-state index in [9.17, 15) is 9.59 Å². The minimum atomic E-state index is -0.827. The fourth-order valence-corrected chi connectivity index (χ4v) is 4.50. The Balaban J connectivity index is 1.57. The van der Waals surface area contributed by atoms with Gasteiger partial charge in [0.25, 0.3) is 0 Å². The number of benzene rings is 1. The molecule has 0 bridgehead atoms. The van der Waals surface area contributed by atoms with E-state index in [1.807, 2.05) is 24.3 Å². The van der Waals surface area contributed by atoms with Crippen molar-refractivity contribution in [3.8, 4) is 11.5 Å². The van der Waals surface area contributed by atoms with Crippen molar-refractivity contribution < 1.29 is 19.1 Å². The average Bonchev–Trinajstić information content (AvgIpc) is 2.84. The predicted molar refractivity (Wildman–Crippen MR) is 121 cm³/mol. The largest absolute Gasteiger partial charge is 0.486 e. The summed E-state index contributed by atoms with van der Waals surface area (Å²) in [5.74, 6) is 0.505. The van der Waals surface area contributed by atoms with Crippen molar-refractivity contribution in [2.45, 2.75) is 50.3 Å². The number of hydrogen-bond acceptors (Lipinski definition) is 5. The molecule has 0 saturated heterocycles. The van der Waals surface area contributed by atoms with Crippen LogP contribution in [0.2, 0.25) is 0 Å². The number of amides is 2. The SMILES string of the molecule is O=C(NC1CCCCC1)[C@@H](c1ccncc1)N(C[C@@H]1COc2ccccc2O1)C(=O)CCl. The van der Waals surface area contributed by atoms with Gasteiger partial charge in [-0.1, -0.05) is 31.4 Å². The Morgan fingerprint density at radius 3 is 2.53 bits per heavy atom. The summed E-state index contributed by atoms with van der Waals surface area (Å²) in [6.45, 7) is 0.446. The molecule has 1 aromatic heterocycles. The quantitative estimate of drug-likeness (QED) is 0.644. The standard InChI is InChI=1S/C24H28ClN3O4/c25-14-22(29)28(15-19-16-31-20-8-4-5-9-21(20)32-19)23(17-10-12-26-13-11-17)24(30)27-18-6-2-1-3-7-18/h4-5,8-13,18-19,23H,1-3,6-7,14-16H2,(H,27,30)/t19-,23-/m1/s1. The zero-order valence-corrected chi connectivity index (χ0v) is 18.7. The number of fused-ring (bicyclic) bond motifs is 1. The number of carbonyl (C=O) groups is 2. The third kappa shape index (κ3) is 5.33. The van der Waals surface area contributed by atoms with Crippen LogP contribution in [0.25, 0.3) is 0 Å². The first-order valence-electron chi connectivity index (χ1n) is 11.1. The Morgan fingerprint density at radius 1 is 1.09 bits per heavy atom. The first-order chi connectivity index (χ1) is 15.7. The molecule has 0 radical (unpaired) electrons. The summed E-state index contributed by atoms with van der Waals surface area (Å²) in [5, 5.41) is 3.16. The first-order valence-corrected chi connectivity index (χ1v) is 11.6. The van der Waals surface area contributed by atoms with Crippen LogP contribution in [0.4, 0.5) is 0 Å². The maximum atomic E-state index is 13.5. The zero-order chi connectivity index (χ0) is 22.3. The van der Waals surface area contributed by atoms with E-state index in [0.717, 1.165) is 25.7 Å². The first kappa shape index (κ1) is 22.4. The molecule has 4 rings (SSSR count). The number of aromatic nitrogens is 1. The van der Waals surface area contributed by atoms with E-state index in [-0.39, 0.29) is 36.9 Å². The minimum absolute atomic E-state index is 0.120. The van der Waals surface area contributed by atoms with Crippen molar-refractivity contribution in [3.63, 3.8) is 0 Å². The maximum Gasteiger partial charge on any atom is 0.247 e. The van der Waals surface area contributed by atoms with E-state index < -0.39 is 12.1 Å². The molecule has 1 aromatic carbocycles. The summed E-state index contributed by atoms with van der Waals surface area (Å²) in [4.78, 5) is 32.0. The summed E-state index contributed by atoms with van der Waals surface area (Å²) < 4.78 is 11.9. The molecule has 0 spiro atoms. The molecular formula is C24H28ClN3O4. The van der Waals surface area contributed by atoms with E-state index in [1.165, 1.54) is 11.3 Å². The molecule has 2 atom stereocenters. The van der Waals surface area contributed by atoms with Gasteiger partial charge in [0.2, 0.25) is 11.8 Å². The Labute approximate surface area is 193 Å². The molecule has 2 aromatic rings. The van der Waals surface area contributed by atoms with Crippen molar-refractivity contribution in [2.75, 3.05) is 19.0 Å². The topological polar surface area (TPSA) is 80.8 Å². The number of carbonyl (C=O) groups excluding carboxylic acids is 2. The Kier molecular flexibility index (Phi) is 7.47. The van der Waals surface area contributed by atoms with Crippen LogP contribution >= 0.6 is 11.6 Å². The fourth-order valence-electron chi connectivity index (χ4n) is 4.35. The number of ether oxygens (including phenoxy) is 2. The normalized spacial score (nSPS) is 19.1. The molecular weight excluding hydrogens is 430 g/mol. The average molecular weight is 458 g/mol. The van der Waals surface area contributed by atoms with E-state index >= 15 is 0 Å². The van der Waals surface area contributed by atoms with Crippen LogP contribution in [0.5, 0.6) is 11.5 Å². The molecule has 1 aliphatic carbocycles.